The van der Waals surface area contributed by atoms with Crippen LogP contribution in [0, 0.1) is 0 Å². The molecule has 3 heterocycles. The molecule has 0 amide bonds. The largest absolute Gasteiger partial charge is 0.486 e. The maximum absolute atomic E-state index is 11.5. The first-order valence-electron chi connectivity index (χ1n) is 7.23. The summed E-state index contributed by atoms with van der Waals surface area (Å²) < 4.78 is 12.5. The van der Waals surface area contributed by atoms with Crippen LogP contribution in [0.3, 0.4) is 0 Å². The number of aromatic carboxylic acids is 1. The van der Waals surface area contributed by atoms with Gasteiger partial charge in [-0.25, -0.2) is 9.48 Å². The van der Waals surface area contributed by atoms with Gasteiger partial charge in [0.15, 0.2) is 17.2 Å². The van der Waals surface area contributed by atoms with Crippen LogP contribution in [0.2, 0.25) is 0 Å². The molecule has 0 saturated carbocycles. The molecule has 3 aromatic rings. The molecule has 1 aromatic carbocycles. The zero-order valence-corrected chi connectivity index (χ0v) is 12.4. The number of carboxylic acids is 1. The van der Waals surface area contributed by atoms with Crippen LogP contribution >= 0.6 is 0 Å². The van der Waals surface area contributed by atoms with Crippen molar-refractivity contribution in [2.75, 3.05) is 13.2 Å². The highest BCUT2D eigenvalue weighted by Crippen LogP contribution is 2.33. The van der Waals surface area contributed by atoms with Crippen LogP contribution in [0.15, 0.2) is 42.7 Å². The van der Waals surface area contributed by atoms with Gasteiger partial charge in [0, 0.05) is 24.0 Å². The van der Waals surface area contributed by atoms with Crippen LogP contribution in [-0.4, -0.2) is 44.3 Å². The topological polar surface area (TPSA) is 99.4 Å². The molecule has 0 spiro atoms. The third-order valence-corrected chi connectivity index (χ3v) is 3.58. The SMILES string of the molecule is O=C(O)c1nnn(-c2ccc3c(c2)OCCO3)c1-c1cccnc1. The van der Waals surface area contributed by atoms with Gasteiger partial charge in [0.1, 0.15) is 18.9 Å². The Morgan fingerprint density at radius 3 is 2.75 bits per heavy atom. The number of hydrogen-bond donors (Lipinski definition) is 1. The summed E-state index contributed by atoms with van der Waals surface area (Å²) in [4.78, 5) is 15.5. The molecule has 8 nitrogen and oxygen atoms in total. The van der Waals surface area contributed by atoms with Crippen molar-refractivity contribution in [2.45, 2.75) is 0 Å². The third kappa shape index (κ3) is 2.34. The molecular formula is C16H12N4O4. The molecule has 8 heteroatoms. The summed E-state index contributed by atoms with van der Waals surface area (Å²) in [7, 11) is 0. The van der Waals surface area contributed by atoms with Crippen molar-refractivity contribution >= 4 is 5.97 Å². The standard InChI is InChI=1S/C16H12N4O4/c21-16(22)14-15(10-2-1-5-17-9-10)20(19-18-14)11-3-4-12-13(8-11)24-7-6-23-12/h1-5,8-9H,6-7H2,(H,21,22). The number of benzene rings is 1. The summed E-state index contributed by atoms with van der Waals surface area (Å²) in [6.45, 7) is 0.962. The van der Waals surface area contributed by atoms with Gasteiger partial charge in [0.2, 0.25) is 0 Å². The molecule has 120 valence electrons. The van der Waals surface area contributed by atoms with E-state index >= 15 is 0 Å². The fraction of sp³-hybridized carbons (Fsp3) is 0.125. The van der Waals surface area contributed by atoms with E-state index in [-0.39, 0.29) is 5.69 Å². The Morgan fingerprint density at radius 2 is 2.00 bits per heavy atom. The molecule has 24 heavy (non-hydrogen) atoms. The predicted molar refractivity (Wildman–Crippen MR) is 82.5 cm³/mol. The maximum Gasteiger partial charge on any atom is 0.358 e. The second kappa shape index (κ2) is 5.65. The van der Waals surface area contributed by atoms with Crippen molar-refractivity contribution in [3.63, 3.8) is 0 Å². The number of aromatic nitrogens is 4. The molecule has 1 aliphatic rings. The van der Waals surface area contributed by atoms with Crippen LogP contribution in [0.5, 0.6) is 11.5 Å². The number of hydrogen-bond acceptors (Lipinski definition) is 6. The van der Waals surface area contributed by atoms with E-state index in [2.05, 4.69) is 15.3 Å². The highest BCUT2D eigenvalue weighted by atomic mass is 16.6. The van der Waals surface area contributed by atoms with Crippen molar-refractivity contribution in [1.82, 2.24) is 20.0 Å². The van der Waals surface area contributed by atoms with Gasteiger partial charge < -0.3 is 14.6 Å². The van der Waals surface area contributed by atoms with Crippen LogP contribution in [0.1, 0.15) is 10.5 Å². The average Bonchev–Trinajstić information content (AvgIpc) is 3.07. The quantitative estimate of drug-likeness (QED) is 0.784. The van der Waals surface area contributed by atoms with Crippen molar-refractivity contribution in [1.29, 1.82) is 0 Å². The van der Waals surface area contributed by atoms with Gasteiger partial charge in [-0.1, -0.05) is 5.21 Å². The molecular weight excluding hydrogens is 312 g/mol. The smallest absolute Gasteiger partial charge is 0.358 e. The average molecular weight is 324 g/mol. The maximum atomic E-state index is 11.5. The highest BCUT2D eigenvalue weighted by molar-refractivity contribution is 5.93. The van der Waals surface area contributed by atoms with Gasteiger partial charge in [-0.15, -0.1) is 5.10 Å². The lowest BCUT2D eigenvalue weighted by atomic mass is 10.1. The van der Waals surface area contributed by atoms with Crippen molar-refractivity contribution < 1.29 is 19.4 Å². The van der Waals surface area contributed by atoms with Crippen LogP contribution < -0.4 is 9.47 Å². The summed E-state index contributed by atoms with van der Waals surface area (Å²) in [6, 6.07) is 8.76. The third-order valence-electron chi connectivity index (χ3n) is 3.58. The van der Waals surface area contributed by atoms with Gasteiger partial charge >= 0.3 is 5.97 Å². The fourth-order valence-electron chi connectivity index (χ4n) is 2.53. The Hall–Kier alpha value is -3.42. The first-order chi connectivity index (χ1) is 11.7. The van der Waals surface area contributed by atoms with E-state index in [1.54, 1.807) is 42.7 Å². The molecule has 0 radical (unpaired) electrons. The molecule has 0 aliphatic carbocycles. The van der Waals surface area contributed by atoms with Crippen LogP contribution in [0.4, 0.5) is 0 Å². The summed E-state index contributed by atoms with van der Waals surface area (Å²) >= 11 is 0. The lowest BCUT2D eigenvalue weighted by Crippen LogP contribution is -2.15. The van der Waals surface area contributed by atoms with Crippen molar-refractivity contribution in [2.24, 2.45) is 0 Å². The summed E-state index contributed by atoms with van der Waals surface area (Å²) in [5.74, 6) is 0.0763. The zero-order chi connectivity index (χ0) is 16.5. The number of rotatable bonds is 3. The highest BCUT2D eigenvalue weighted by Gasteiger charge is 2.23. The summed E-state index contributed by atoms with van der Waals surface area (Å²) in [6.07, 6.45) is 3.18. The van der Waals surface area contributed by atoms with E-state index in [9.17, 15) is 9.90 Å². The first kappa shape index (κ1) is 14.2. The first-order valence-corrected chi connectivity index (χ1v) is 7.23. The van der Waals surface area contributed by atoms with Gasteiger partial charge in [-0.05, 0) is 24.3 Å². The predicted octanol–water partition coefficient (Wildman–Crippen LogP) is 1.80. The number of ether oxygens (including phenoxy) is 2. The van der Waals surface area contributed by atoms with E-state index in [1.807, 2.05) is 0 Å². The monoisotopic (exact) mass is 324 g/mol. The van der Waals surface area contributed by atoms with Gasteiger partial charge in [0.05, 0.1) is 5.69 Å². The second-order valence-electron chi connectivity index (χ2n) is 5.07. The van der Waals surface area contributed by atoms with Crippen molar-refractivity contribution in [3.05, 3.63) is 48.4 Å². The molecule has 1 aliphatic heterocycles. The lowest BCUT2D eigenvalue weighted by Gasteiger charge is -2.19. The molecule has 0 unspecified atom stereocenters. The Kier molecular flexibility index (Phi) is 3.34. The van der Waals surface area contributed by atoms with Gasteiger partial charge in [-0.2, -0.15) is 0 Å². The number of carbonyl (C=O) groups is 1. The van der Waals surface area contributed by atoms with Crippen molar-refractivity contribution in [3.8, 4) is 28.4 Å². The number of nitrogens with zero attached hydrogens (tertiary/aromatic N) is 4. The minimum Gasteiger partial charge on any atom is -0.486 e. The lowest BCUT2D eigenvalue weighted by molar-refractivity contribution is 0.0691. The Labute approximate surface area is 136 Å². The molecule has 1 N–H and O–H groups in total. The van der Waals surface area contributed by atoms with E-state index < -0.39 is 5.97 Å². The fourth-order valence-corrected chi connectivity index (χ4v) is 2.53. The number of fused-ring (bicyclic) bond motifs is 1. The van der Waals surface area contributed by atoms with Crippen LogP contribution in [0.25, 0.3) is 16.9 Å². The van der Waals surface area contributed by atoms with E-state index in [1.165, 1.54) is 4.68 Å². The minimum absolute atomic E-state index is 0.141. The van der Waals surface area contributed by atoms with Crippen LogP contribution in [-0.2, 0) is 0 Å². The Balaban J connectivity index is 1.88. The molecule has 2 aromatic heterocycles. The summed E-state index contributed by atoms with van der Waals surface area (Å²) in [5.41, 5.74) is 1.44. The normalized spacial score (nSPS) is 12.8. The minimum atomic E-state index is -1.15. The Bertz CT molecular complexity index is 908. The molecule has 0 saturated heterocycles. The summed E-state index contributed by atoms with van der Waals surface area (Å²) in [5, 5.41) is 17.2. The zero-order valence-electron chi connectivity index (χ0n) is 12.4. The molecule has 0 fully saturated rings. The Morgan fingerprint density at radius 1 is 1.17 bits per heavy atom. The van der Waals surface area contributed by atoms with Gasteiger partial charge in [-0.3, -0.25) is 4.98 Å². The molecule has 4 rings (SSSR count). The number of carboxylic acid groups (broad SMARTS) is 1. The second-order valence-corrected chi connectivity index (χ2v) is 5.07. The van der Waals surface area contributed by atoms with E-state index in [0.717, 1.165) is 0 Å². The molecule has 0 atom stereocenters. The van der Waals surface area contributed by atoms with E-state index in [0.29, 0.717) is 41.7 Å². The van der Waals surface area contributed by atoms with E-state index in [4.69, 9.17) is 9.47 Å². The number of pyridine rings is 1. The van der Waals surface area contributed by atoms with Gasteiger partial charge in [0.25, 0.3) is 0 Å². The molecule has 0 bridgehead atoms.